The number of halogens is 3. The van der Waals surface area contributed by atoms with E-state index in [9.17, 15) is 0 Å². The Morgan fingerprint density at radius 1 is 1.05 bits per heavy atom. The molecule has 1 heterocycles. The Labute approximate surface area is 126 Å². The van der Waals surface area contributed by atoms with Crippen LogP contribution in [0.3, 0.4) is 0 Å². The fraction of sp³-hybridized carbons (Fsp3) is 0.286. The van der Waals surface area contributed by atoms with Gasteiger partial charge in [0.05, 0.1) is 5.56 Å². The van der Waals surface area contributed by atoms with Gasteiger partial charge in [-0.1, -0.05) is 53.9 Å². The van der Waals surface area contributed by atoms with Gasteiger partial charge in [-0.25, -0.2) is 9.97 Å². The van der Waals surface area contributed by atoms with Crippen LogP contribution in [0.1, 0.15) is 25.6 Å². The van der Waals surface area contributed by atoms with Gasteiger partial charge in [-0.3, -0.25) is 0 Å². The minimum absolute atomic E-state index is 0.0418. The Bertz CT molecular complexity index is 628. The van der Waals surface area contributed by atoms with Crippen molar-refractivity contribution in [3.05, 3.63) is 45.4 Å². The smallest absolute Gasteiger partial charge is 0.142 e. The van der Waals surface area contributed by atoms with Crippen LogP contribution in [0.5, 0.6) is 0 Å². The zero-order valence-corrected chi connectivity index (χ0v) is 12.5. The van der Waals surface area contributed by atoms with Gasteiger partial charge in [-0.2, -0.15) is 0 Å². The molecule has 3 rings (SSSR count). The molecule has 1 aliphatic carbocycles. The molecule has 0 atom stereocenters. The van der Waals surface area contributed by atoms with Crippen LogP contribution in [0.2, 0.25) is 15.3 Å². The van der Waals surface area contributed by atoms with Gasteiger partial charge in [0.25, 0.3) is 0 Å². The van der Waals surface area contributed by atoms with Gasteiger partial charge in [-0.05, 0) is 30.5 Å². The summed E-state index contributed by atoms with van der Waals surface area (Å²) in [7, 11) is 0. The summed E-state index contributed by atoms with van der Waals surface area (Å²) in [4.78, 5) is 8.80. The molecule has 0 N–H and O–H groups in total. The Balaban J connectivity index is 2.12. The summed E-state index contributed by atoms with van der Waals surface area (Å²) in [5, 5.41) is 1.39. The van der Waals surface area contributed by atoms with Crippen molar-refractivity contribution in [2.24, 2.45) is 0 Å². The van der Waals surface area contributed by atoms with Crippen molar-refractivity contribution in [2.75, 3.05) is 0 Å². The lowest BCUT2D eigenvalue weighted by molar-refractivity contribution is 0.709. The number of rotatable bonds is 2. The predicted octanol–water partition coefficient (Wildman–Crippen LogP) is 5.16. The molecule has 19 heavy (non-hydrogen) atoms. The van der Waals surface area contributed by atoms with Gasteiger partial charge in [0.2, 0.25) is 0 Å². The Morgan fingerprint density at radius 3 is 2.21 bits per heavy atom. The Kier molecular flexibility index (Phi) is 3.20. The molecule has 98 valence electrons. The van der Waals surface area contributed by atoms with Crippen LogP contribution < -0.4 is 0 Å². The number of nitrogens with zero attached hydrogens (tertiary/aromatic N) is 2. The summed E-state index contributed by atoms with van der Waals surface area (Å²) < 4.78 is 0. The molecule has 1 aromatic carbocycles. The molecule has 2 aromatic rings. The van der Waals surface area contributed by atoms with E-state index in [2.05, 4.69) is 16.9 Å². The highest BCUT2D eigenvalue weighted by atomic mass is 35.5. The van der Waals surface area contributed by atoms with E-state index in [1.807, 2.05) is 12.1 Å². The van der Waals surface area contributed by atoms with Crippen molar-refractivity contribution in [1.82, 2.24) is 9.97 Å². The van der Waals surface area contributed by atoms with Gasteiger partial charge >= 0.3 is 0 Å². The molecule has 0 unspecified atom stereocenters. The first-order valence-electron chi connectivity index (χ1n) is 5.99. The van der Waals surface area contributed by atoms with E-state index in [4.69, 9.17) is 34.8 Å². The number of hydrogen-bond acceptors (Lipinski definition) is 2. The maximum absolute atomic E-state index is 6.28. The van der Waals surface area contributed by atoms with Crippen molar-refractivity contribution in [2.45, 2.75) is 25.2 Å². The van der Waals surface area contributed by atoms with E-state index in [0.717, 1.165) is 24.2 Å². The molecule has 5 heteroatoms. The molecule has 0 spiro atoms. The average Bonchev–Trinajstić information content (AvgIpc) is 3.08. The molecule has 0 amide bonds. The SMILES string of the molecule is CC1(c2nc(Cl)c(-c3cccc(Cl)c3)c(Cl)n2)CC1. The van der Waals surface area contributed by atoms with Crippen LogP contribution in [0.4, 0.5) is 0 Å². The molecule has 0 aliphatic heterocycles. The first-order chi connectivity index (χ1) is 8.99. The molecule has 1 fully saturated rings. The fourth-order valence-electron chi connectivity index (χ4n) is 1.97. The minimum atomic E-state index is 0.0418. The third kappa shape index (κ3) is 2.45. The lowest BCUT2D eigenvalue weighted by Gasteiger charge is -2.12. The van der Waals surface area contributed by atoms with Gasteiger partial charge in [-0.15, -0.1) is 0 Å². The topological polar surface area (TPSA) is 25.8 Å². The van der Waals surface area contributed by atoms with Crippen LogP contribution in [0.25, 0.3) is 11.1 Å². The van der Waals surface area contributed by atoms with Crippen molar-refractivity contribution >= 4 is 34.8 Å². The van der Waals surface area contributed by atoms with Gasteiger partial charge in [0.15, 0.2) is 0 Å². The van der Waals surface area contributed by atoms with Crippen LogP contribution >= 0.6 is 34.8 Å². The zero-order chi connectivity index (χ0) is 13.6. The maximum Gasteiger partial charge on any atom is 0.142 e. The van der Waals surface area contributed by atoms with Crippen LogP contribution in [0.15, 0.2) is 24.3 Å². The lowest BCUT2D eigenvalue weighted by Crippen LogP contribution is -2.08. The van der Waals surface area contributed by atoms with E-state index in [0.29, 0.717) is 20.9 Å². The van der Waals surface area contributed by atoms with Crippen LogP contribution in [0, 0.1) is 0 Å². The Hall–Kier alpha value is -0.830. The minimum Gasteiger partial charge on any atom is -0.220 e. The summed E-state index contributed by atoms with van der Waals surface area (Å²) in [5.74, 6) is 0.730. The summed E-state index contributed by atoms with van der Waals surface area (Å²) in [6, 6.07) is 7.34. The second-order valence-electron chi connectivity index (χ2n) is 5.07. The normalized spacial score (nSPS) is 16.4. The monoisotopic (exact) mass is 312 g/mol. The first kappa shape index (κ1) is 13.2. The van der Waals surface area contributed by atoms with Crippen molar-refractivity contribution < 1.29 is 0 Å². The summed E-state index contributed by atoms with van der Waals surface area (Å²) in [6.45, 7) is 2.12. The molecule has 1 saturated carbocycles. The Morgan fingerprint density at radius 2 is 1.68 bits per heavy atom. The van der Waals surface area contributed by atoms with E-state index >= 15 is 0 Å². The highest BCUT2D eigenvalue weighted by Gasteiger charge is 2.42. The summed E-state index contributed by atoms with van der Waals surface area (Å²) >= 11 is 18.5. The molecule has 1 aliphatic rings. The zero-order valence-electron chi connectivity index (χ0n) is 10.3. The second kappa shape index (κ2) is 4.62. The van der Waals surface area contributed by atoms with E-state index in [1.54, 1.807) is 12.1 Å². The molecule has 1 aromatic heterocycles. The molecular formula is C14H11Cl3N2. The summed E-state index contributed by atoms with van der Waals surface area (Å²) in [5.41, 5.74) is 1.51. The van der Waals surface area contributed by atoms with E-state index in [1.165, 1.54) is 0 Å². The number of benzene rings is 1. The molecule has 0 saturated heterocycles. The largest absolute Gasteiger partial charge is 0.220 e. The highest BCUT2D eigenvalue weighted by molar-refractivity contribution is 6.38. The van der Waals surface area contributed by atoms with Crippen LogP contribution in [-0.2, 0) is 5.41 Å². The van der Waals surface area contributed by atoms with Crippen LogP contribution in [-0.4, -0.2) is 9.97 Å². The third-order valence-corrected chi connectivity index (χ3v) is 4.26. The standard InChI is InChI=1S/C14H11Cl3N2/c1-14(5-6-14)13-18-11(16)10(12(17)19-13)8-3-2-4-9(15)7-8/h2-4,7H,5-6H2,1H3. The lowest BCUT2D eigenvalue weighted by atomic mass is 10.1. The molecule has 2 nitrogen and oxygen atoms in total. The second-order valence-corrected chi connectivity index (χ2v) is 6.23. The van der Waals surface area contributed by atoms with Crippen molar-refractivity contribution in [3.63, 3.8) is 0 Å². The first-order valence-corrected chi connectivity index (χ1v) is 7.12. The van der Waals surface area contributed by atoms with E-state index < -0.39 is 0 Å². The quantitative estimate of drug-likeness (QED) is 0.716. The average molecular weight is 314 g/mol. The van der Waals surface area contributed by atoms with Gasteiger partial charge in [0.1, 0.15) is 16.1 Å². The predicted molar refractivity (Wildman–Crippen MR) is 79.1 cm³/mol. The fourth-order valence-corrected chi connectivity index (χ4v) is 2.77. The van der Waals surface area contributed by atoms with Gasteiger partial charge < -0.3 is 0 Å². The van der Waals surface area contributed by atoms with E-state index in [-0.39, 0.29) is 5.41 Å². The van der Waals surface area contributed by atoms with Crippen molar-refractivity contribution in [3.8, 4) is 11.1 Å². The summed E-state index contributed by atoms with van der Waals surface area (Å²) in [6.07, 6.45) is 2.16. The molecular weight excluding hydrogens is 303 g/mol. The van der Waals surface area contributed by atoms with Crippen molar-refractivity contribution in [1.29, 1.82) is 0 Å². The molecule has 0 bridgehead atoms. The van der Waals surface area contributed by atoms with Gasteiger partial charge in [0, 0.05) is 10.4 Å². The maximum atomic E-state index is 6.28. The number of hydrogen-bond donors (Lipinski definition) is 0. The number of aromatic nitrogens is 2. The molecule has 0 radical (unpaired) electrons. The third-order valence-electron chi connectivity index (χ3n) is 3.47. The highest BCUT2D eigenvalue weighted by Crippen LogP contribution is 2.47.